The summed E-state index contributed by atoms with van der Waals surface area (Å²) in [4.78, 5) is 102. The molecule has 6 N–H and O–H groups in total. The highest BCUT2D eigenvalue weighted by Crippen LogP contribution is 2.40. The monoisotopic (exact) mass is 1640 g/mol. The largest absolute Gasteiger partial charge is 0.507 e. The van der Waals surface area contributed by atoms with Gasteiger partial charge in [-0.1, -0.05) is 95.9 Å². The van der Waals surface area contributed by atoms with Gasteiger partial charge in [-0.15, -0.1) is 49.0 Å². The number of rotatable bonds is 34. The number of hydrogen-bond donors (Lipinski definition) is 6. The number of methoxy groups -OCH3 is 3. The van der Waals surface area contributed by atoms with Crippen LogP contribution in [0.3, 0.4) is 0 Å². The van der Waals surface area contributed by atoms with Crippen molar-refractivity contribution in [3.63, 3.8) is 0 Å². The van der Waals surface area contributed by atoms with Crippen LogP contribution in [0.15, 0.2) is 163 Å². The number of aromatic carboxylic acids is 1. The first kappa shape index (κ1) is 88.6. The molecule has 113 heavy (non-hydrogen) atoms. The lowest BCUT2D eigenvalue weighted by molar-refractivity contribution is -0.384. The maximum Gasteiger partial charge on any atom is 0.341 e. The van der Waals surface area contributed by atoms with E-state index in [1.165, 1.54) is 101 Å². The van der Waals surface area contributed by atoms with Crippen molar-refractivity contribution in [2.75, 3.05) is 83.9 Å². The molecule has 0 saturated heterocycles. The van der Waals surface area contributed by atoms with Gasteiger partial charge in [-0.05, 0) is 115 Å². The number of para-hydroxylation sites is 3. The summed E-state index contributed by atoms with van der Waals surface area (Å²) in [6.45, 7) is 9.25. The van der Waals surface area contributed by atoms with Gasteiger partial charge in [-0.2, -0.15) is 10.2 Å². The number of hydrogen-bond acceptors (Lipinski definition) is 32. The van der Waals surface area contributed by atoms with E-state index in [2.05, 4.69) is 84.9 Å². The Morgan fingerprint density at radius 3 is 1.44 bits per heavy atom. The molecule has 3 aromatic heterocycles. The third kappa shape index (κ3) is 29.2. The fourth-order valence-electron chi connectivity index (χ4n) is 9.45. The third-order valence-electron chi connectivity index (χ3n) is 14.6. The average Bonchev–Trinajstić information content (AvgIpc) is 1.75. The van der Waals surface area contributed by atoms with Crippen LogP contribution < -0.4 is 28.4 Å². The van der Waals surface area contributed by atoms with Crippen LogP contribution in [0.1, 0.15) is 80.9 Å². The van der Waals surface area contributed by atoms with Crippen molar-refractivity contribution in [3.05, 3.63) is 160 Å². The Morgan fingerprint density at radius 1 is 0.496 bits per heavy atom. The molecule has 0 radical (unpaired) electrons. The van der Waals surface area contributed by atoms with E-state index in [4.69, 9.17) is 38.6 Å². The number of nitro groups is 1. The summed E-state index contributed by atoms with van der Waals surface area (Å²) < 4.78 is 32.9. The second kappa shape index (κ2) is 45.7. The van der Waals surface area contributed by atoms with E-state index in [0.717, 1.165) is 80.4 Å². The van der Waals surface area contributed by atoms with E-state index >= 15 is 0 Å². The van der Waals surface area contributed by atoms with E-state index in [0.29, 0.717) is 93.2 Å². The zero-order valence-corrected chi connectivity index (χ0v) is 67.1. The van der Waals surface area contributed by atoms with Crippen LogP contribution >= 0.6 is 58.8 Å². The van der Waals surface area contributed by atoms with Crippen molar-refractivity contribution in [2.45, 2.75) is 76.0 Å². The number of phenols is 1. The molecule has 0 spiro atoms. The summed E-state index contributed by atoms with van der Waals surface area (Å²) in [5.74, 6) is 3.74. The molecule has 38 heteroatoms. The minimum Gasteiger partial charge on any atom is -0.507 e. The zero-order valence-electron chi connectivity index (χ0n) is 63.0. The number of aromatic nitrogens is 9. The van der Waals surface area contributed by atoms with E-state index in [1.54, 1.807) is 45.2 Å². The van der Waals surface area contributed by atoms with Gasteiger partial charge in [0, 0.05) is 36.6 Å². The molecular weight excluding hydrogens is 1560 g/mol. The van der Waals surface area contributed by atoms with Crippen molar-refractivity contribution >= 4 is 127 Å². The predicted octanol–water partition coefficient (Wildman–Crippen LogP) is 12.2. The topological polar surface area (TPSA) is 456 Å². The van der Waals surface area contributed by atoms with Gasteiger partial charge < -0.3 is 48.6 Å². The van der Waals surface area contributed by atoms with Gasteiger partial charge >= 0.3 is 11.9 Å². The van der Waals surface area contributed by atoms with Crippen molar-refractivity contribution in [1.82, 2.24) is 50.4 Å². The first-order valence-corrected chi connectivity index (χ1v) is 38.9. The first-order chi connectivity index (χ1) is 54.2. The molecule has 2 aliphatic rings. The highest BCUT2D eigenvalue weighted by molar-refractivity contribution is 8.14. The number of H-pyrrole nitrogens is 3. The van der Waals surface area contributed by atoms with Crippen molar-refractivity contribution < 1.29 is 82.2 Å². The van der Waals surface area contributed by atoms with Gasteiger partial charge in [-0.25, -0.2) is 24.5 Å². The lowest BCUT2D eigenvalue weighted by atomic mass is 10.1. The van der Waals surface area contributed by atoms with Crippen molar-refractivity contribution in [3.8, 4) is 74.4 Å². The fourth-order valence-corrected chi connectivity index (χ4v) is 12.7. The van der Waals surface area contributed by atoms with E-state index in [-0.39, 0.29) is 85.9 Å². The number of aromatic hydroxyl groups is 1. The molecule has 0 saturated carbocycles. The second-order valence-corrected chi connectivity index (χ2v) is 29.0. The Morgan fingerprint density at radius 2 is 0.947 bits per heavy atom. The highest BCUT2D eigenvalue weighted by atomic mass is 32.2. The molecule has 0 bridgehead atoms. The predicted molar refractivity (Wildman–Crippen MR) is 434 cm³/mol. The number of ether oxygens (including phenoxy) is 6. The van der Waals surface area contributed by atoms with E-state index in [1.807, 2.05) is 72.8 Å². The van der Waals surface area contributed by atoms with Gasteiger partial charge in [0.1, 0.15) is 68.4 Å². The Kier molecular flexibility index (Phi) is 35.8. The quantitative estimate of drug-likeness (QED) is 0.00944. The number of carboxylic acid groups (broad SMARTS) is 2. The summed E-state index contributed by atoms with van der Waals surface area (Å²) >= 11 is 6.43. The molecule has 5 heterocycles. The number of carbonyl (C=O) groups excluding carboxylic acids is 5. The number of benzene rings is 6. The van der Waals surface area contributed by atoms with Crippen LogP contribution in [-0.4, -0.2) is 217 Å². The minimum atomic E-state index is -1.10. The smallest absolute Gasteiger partial charge is 0.341 e. The molecule has 2 aliphatic heterocycles. The number of ketones is 5. The number of carbonyl (C=O) groups is 7. The van der Waals surface area contributed by atoms with Crippen LogP contribution in [0.2, 0.25) is 0 Å². The number of nitro benzene ring substituents is 1. The molecule has 594 valence electrons. The summed E-state index contributed by atoms with van der Waals surface area (Å²) in [5.41, 5.74) is 5.56. The molecule has 6 aromatic carbocycles. The van der Waals surface area contributed by atoms with Crippen LogP contribution in [0, 0.1) is 10.1 Å². The molecule has 9 aromatic rings. The van der Waals surface area contributed by atoms with E-state index in [9.17, 15) is 48.8 Å². The number of Topliss-reactive ketones (excluding diaryl/α,β-unsaturated/α-hetero) is 5. The molecule has 0 aliphatic carbocycles. The standard InChI is InChI=1S/C20H20N2O3S.C17H23N3O2S.C13H14N4O5S.C13H13N3O4S.C12H11N3O4S/c1-14(23)13-26-19-11-17(21-22-19)16-9-6-10-18(24-2)20(16)25-12-15-7-4-3-5-8-15;1-13(21)12-23-17-11-15(18-19-17)14-7-4-5-8-16(14)22-10-6-9-20(2)3;1-7(18)6-23-13-14-12(15-16-13)8-4-10(21-2)11(22-3)5-9(8)17(19)20;1-8(17)7-21-13-14-12(15-16-13)9-4-2-3-5-10(9)20-6-11(18)19;1-6(16)5-20-12-13-10(14-15-12)8-4-7(11(18)19)2-3-9(8)17/h3-10H,11-13H2,1-2H3;4-5,7-8H,6,9-12H2,1-3H3;4-5H,6H2,1-3H3,(H,14,15,16);2-5H,6-7H2,1H3,(H,18,19)(H,14,15,16);2-4,17H,5H2,1H3,(H,18,19)(H,13,14,15). The zero-order chi connectivity index (χ0) is 81.9. The molecular formula is C75H81N15O18S5. The number of aromatic amines is 3. The number of nitrogens with zero attached hydrogens (tertiary/aromatic N) is 12. The van der Waals surface area contributed by atoms with Gasteiger partial charge in [0.2, 0.25) is 15.5 Å². The van der Waals surface area contributed by atoms with Crippen molar-refractivity contribution in [2.24, 2.45) is 20.4 Å². The Balaban J connectivity index is 0.000000196. The minimum absolute atomic E-state index is 0.00271. The van der Waals surface area contributed by atoms with Gasteiger partial charge in [-0.3, -0.25) is 49.4 Å². The SMILES string of the molecule is CC(=O)CSC1=NN=C(c2ccccc2OCCCN(C)C)C1.CC(=O)CSc1n[nH]c(-c2cc(C(=O)O)ccc2O)n1.CC(=O)CSc1n[nH]c(-c2ccccc2OCC(=O)O)n1.COc1cc(-c2nc(SCC(C)=O)n[nH]2)c([N+](=O)[O-])cc1OC.COc1cccc(C2=NN=C(SCC(C)=O)C2)c1OCc1ccccc1. The first-order valence-electron chi connectivity index (χ1n) is 34.0. The summed E-state index contributed by atoms with van der Waals surface area (Å²) in [5, 5.41) is 78.3. The van der Waals surface area contributed by atoms with Crippen LogP contribution in [0.4, 0.5) is 5.69 Å². The summed E-state index contributed by atoms with van der Waals surface area (Å²) in [6, 6.07) is 37.1. The number of aliphatic carboxylic acids is 1. The van der Waals surface area contributed by atoms with Gasteiger partial charge in [0.05, 0.1) is 95.8 Å². The Hall–Kier alpha value is -11.6. The number of carboxylic acids is 2. The summed E-state index contributed by atoms with van der Waals surface area (Å²) in [6.07, 6.45) is 2.23. The average molecular weight is 1640 g/mol. The molecule has 0 amide bonds. The molecule has 0 unspecified atom stereocenters. The van der Waals surface area contributed by atoms with Crippen LogP contribution in [0.5, 0.6) is 40.2 Å². The maximum atomic E-state index is 11.3. The Labute approximate surface area is 670 Å². The van der Waals surface area contributed by atoms with Gasteiger partial charge in [0.25, 0.3) is 5.69 Å². The van der Waals surface area contributed by atoms with Crippen molar-refractivity contribution in [1.29, 1.82) is 0 Å². The fraction of sp³-hybridized carbons (Fsp3) is 0.293. The van der Waals surface area contributed by atoms with Crippen LogP contribution in [-0.2, 0) is 35.4 Å². The molecule has 0 fully saturated rings. The van der Waals surface area contributed by atoms with Gasteiger partial charge in [0.15, 0.2) is 47.1 Å². The Bertz CT molecular complexity index is 4930. The third-order valence-corrected chi connectivity index (χ3v) is 19.8. The molecule has 0 atom stereocenters. The number of phenolic OH excluding ortho intramolecular Hbond substituents is 1. The lowest BCUT2D eigenvalue weighted by Gasteiger charge is -2.15. The summed E-state index contributed by atoms with van der Waals surface area (Å²) in [7, 11) is 8.56. The van der Waals surface area contributed by atoms with Crippen LogP contribution in [0.25, 0.3) is 34.2 Å². The lowest BCUT2D eigenvalue weighted by Crippen LogP contribution is -2.16. The number of thioether (sulfide) groups is 5. The second-order valence-electron chi connectivity index (χ2n) is 24.1. The normalized spacial score (nSPS) is 11.7. The number of nitrogens with one attached hydrogen (secondary N) is 3. The highest BCUT2D eigenvalue weighted by Gasteiger charge is 2.26. The molecule has 11 rings (SSSR count). The van der Waals surface area contributed by atoms with E-state index < -0.39 is 23.5 Å². The molecule has 33 nitrogen and oxygen atoms in total. The maximum absolute atomic E-state index is 11.3.